The average molecular weight is 223 g/mol. The van der Waals surface area contributed by atoms with Crippen LogP contribution < -0.4 is 0 Å². The van der Waals surface area contributed by atoms with Gasteiger partial charge in [-0.05, 0) is 36.0 Å². The molecule has 1 nitrogen and oxygen atoms in total. The molecule has 1 unspecified atom stereocenters. The number of hydrogen-bond acceptors (Lipinski definition) is 1. The normalized spacial score (nSPS) is 13.8. The molecule has 0 bridgehead atoms. The summed E-state index contributed by atoms with van der Waals surface area (Å²) < 4.78 is 18.2. The summed E-state index contributed by atoms with van der Waals surface area (Å²) in [5, 5.41) is 0. The van der Waals surface area contributed by atoms with Crippen molar-refractivity contribution in [3.05, 3.63) is 42.6 Å². The Balaban J connectivity index is 2.75. The van der Waals surface area contributed by atoms with Crippen molar-refractivity contribution in [2.75, 3.05) is 7.11 Å². The maximum Gasteiger partial charge on any atom is 0.123 e. The monoisotopic (exact) mass is 223 g/mol. The first-order chi connectivity index (χ1) is 7.49. The second kappa shape index (κ2) is 5.44. The predicted octanol–water partition coefficient (Wildman–Crippen LogP) is 3.63. The third-order valence-corrected chi connectivity index (χ3v) is 2.99. The average Bonchev–Trinajstić information content (AvgIpc) is 2.22. The van der Waals surface area contributed by atoms with Crippen molar-refractivity contribution in [3.63, 3.8) is 0 Å². The molecule has 1 atom stereocenters. The van der Waals surface area contributed by atoms with Crippen LogP contribution in [0, 0.1) is 18.2 Å². The van der Waals surface area contributed by atoms with Crippen LogP contribution in [0.1, 0.15) is 25.8 Å². The molecule has 0 saturated heterocycles. The Morgan fingerprint density at radius 1 is 1.31 bits per heavy atom. The summed E-state index contributed by atoms with van der Waals surface area (Å²) in [6, 6.07) is 6.65. The molecule has 89 valence electrons. The maximum atomic E-state index is 12.8. The smallest absolute Gasteiger partial charge is 0.123 e. The number of ether oxygens (including phenoxy) is 1. The summed E-state index contributed by atoms with van der Waals surface area (Å²) in [5.41, 5.74) is 1.14. The lowest BCUT2D eigenvalue weighted by atomic mass is 9.79. The molecule has 0 spiro atoms. The van der Waals surface area contributed by atoms with Gasteiger partial charge in [0.25, 0.3) is 0 Å². The molecule has 0 N–H and O–H groups in total. The Labute approximate surface area is 97.6 Å². The first kappa shape index (κ1) is 13.2. The van der Waals surface area contributed by atoms with Gasteiger partial charge in [-0.2, -0.15) is 0 Å². The van der Waals surface area contributed by atoms with Crippen LogP contribution in [0.5, 0.6) is 0 Å². The standard InChI is InChI=1S/C14H20FO/c1-5-13(16-4)14(2,3)10-11-6-8-12(15)9-7-11/h6-9,13H,1,5,10H2,2-4H3. The van der Waals surface area contributed by atoms with Gasteiger partial charge in [-0.1, -0.05) is 32.9 Å². The van der Waals surface area contributed by atoms with Gasteiger partial charge in [0.2, 0.25) is 0 Å². The molecular weight excluding hydrogens is 203 g/mol. The zero-order valence-corrected chi connectivity index (χ0v) is 10.3. The minimum atomic E-state index is -0.193. The summed E-state index contributed by atoms with van der Waals surface area (Å²) in [5.74, 6) is -0.193. The van der Waals surface area contributed by atoms with Crippen molar-refractivity contribution in [1.82, 2.24) is 0 Å². The van der Waals surface area contributed by atoms with Crippen LogP contribution in [0.4, 0.5) is 4.39 Å². The second-order valence-corrected chi connectivity index (χ2v) is 4.80. The van der Waals surface area contributed by atoms with Gasteiger partial charge in [0.1, 0.15) is 5.82 Å². The summed E-state index contributed by atoms with van der Waals surface area (Å²) in [6.07, 6.45) is 1.73. The van der Waals surface area contributed by atoms with Gasteiger partial charge < -0.3 is 4.74 Å². The number of halogens is 1. The molecule has 0 fully saturated rings. The number of methoxy groups -OCH3 is 1. The molecule has 1 aromatic carbocycles. The van der Waals surface area contributed by atoms with Crippen molar-refractivity contribution in [3.8, 4) is 0 Å². The zero-order valence-electron chi connectivity index (χ0n) is 10.3. The van der Waals surface area contributed by atoms with Gasteiger partial charge in [-0.3, -0.25) is 0 Å². The lowest BCUT2D eigenvalue weighted by molar-refractivity contribution is 0.00890. The highest BCUT2D eigenvalue weighted by Gasteiger charge is 2.28. The molecule has 0 aromatic heterocycles. The van der Waals surface area contributed by atoms with E-state index >= 15 is 0 Å². The fraction of sp³-hybridized carbons (Fsp3) is 0.500. The largest absolute Gasteiger partial charge is 0.381 e. The lowest BCUT2D eigenvalue weighted by Crippen LogP contribution is -2.32. The van der Waals surface area contributed by atoms with Crippen molar-refractivity contribution in [2.24, 2.45) is 5.41 Å². The molecule has 0 aliphatic rings. The molecule has 0 amide bonds. The molecular formula is C14H20FO. The minimum Gasteiger partial charge on any atom is -0.381 e. The fourth-order valence-electron chi connectivity index (χ4n) is 2.07. The van der Waals surface area contributed by atoms with Gasteiger partial charge in [0.05, 0.1) is 6.10 Å². The second-order valence-electron chi connectivity index (χ2n) is 4.80. The molecule has 1 aromatic rings. The molecule has 0 aliphatic carbocycles. The fourth-order valence-corrected chi connectivity index (χ4v) is 2.07. The molecule has 1 radical (unpaired) electrons. The molecule has 1 rings (SSSR count). The molecule has 2 heteroatoms. The van der Waals surface area contributed by atoms with E-state index in [-0.39, 0.29) is 17.3 Å². The highest BCUT2D eigenvalue weighted by Crippen LogP contribution is 2.29. The Morgan fingerprint density at radius 3 is 2.31 bits per heavy atom. The third kappa shape index (κ3) is 3.31. The van der Waals surface area contributed by atoms with Gasteiger partial charge in [0, 0.05) is 7.11 Å². The Kier molecular flexibility index (Phi) is 4.48. The summed E-state index contributed by atoms with van der Waals surface area (Å²) in [7, 11) is 1.71. The predicted molar refractivity (Wildman–Crippen MR) is 64.7 cm³/mol. The van der Waals surface area contributed by atoms with Crippen LogP contribution in [0.2, 0.25) is 0 Å². The van der Waals surface area contributed by atoms with Gasteiger partial charge in [-0.25, -0.2) is 4.39 Å². The summed E-state index contributed by atoms with van der Waals surface area (Å²) in [4.78, 5) is 0. The third-order valence-electron chi connectivity index (χ3n) is 2.99. The van der Waals surface area contributed by atoms with Crippen LogP contribution in [-0.4, -0.2) is 13.2 Å². The van der Waals surface area contributed by atoms with Crippen LogP contribution >= 0.6 is 0 Å². The van der Waals surface area contributed by atoms with E-state index in [1.165, 1.54) is 12.1 Å². The molecule has 16 heavy (non-hydrogen) atoms. The van der Waals surface area contributed by atoms with Crippen molar-refractivity contribution < 1.29 is 9.13 Å². The highest BCUT2D eigenvalue weighted by molar-refractivity contribution is 5.17. The first-order valence-electron chi connectivity index (χ1n) is 5.56. The van der Waals surface area contributed by atoms with E-state index in [1.807, 2.05) is 12.1 Å². The van der Waals surface area contributed by atoms with E-state index < -0.39 is 0 Å². The van der Waals surface area contributed by atoms with Crippen LogP contribution in [0.15, 0.2) is 24.3 Å². The number of rotatable bonds is 5. The lowest BCUT2D eigenvalue weighted by Gasteiger charge is -2.32. The molecule has 0 saturated carbocycles. The van der Waals surface area contributed by atoms with E-state index in [1.54, 1.807) is 7.11 Å². The quantitative estimate of drug-likeness (QED) is 0.740. The zero-order chi connectivity index (χ0) is 12.2. The first-order valence-corrected chi connectivity index (χ1v) is 5.56. The number of benzene rings is 1. The van der Waals surface area contributed by atoms with Gasteiger partial charge in [-0.15, -0.1) is 0 Å². The van der Waals surface area contributed by atoms with E-state index in [2.05, 4.69) is 20.8 Å². The SMILES string of the molecule is [CH2]CC(OC)C(C)(C)Cc1ccc(F)cc1. The molecule has 0 aliphatic heterocycles. The summed E-state index contributed by atoms with van der Waals surface area (Å²) in [6.45, 7) is 8.19. The summed E-state index contributed by atoms with van der Waals surface area (Å²) >= 11 is 0. The van der Waals surface area contributed by atoms with E-state index in [0.717, 1.165) is 18.4 Å². The van der Waals surface area contributed by atoms with E-state index in [9.17, 15) is 4.39 Å². The van der Waals surface area contributed by atoms with Gasteiger partial charge >= 0.3 is 0 Å². The van der Waals surface area contributed by atoms with Crippen LogP contribution in [-0.2, 0) is 11.2 Å². The minimum absolute atomic E-state index is 0.00826. The number of hydrogen-bond donors (Lipinski definition) is 0. The van der Waals surface area contributed by atoms with Crippen molar-refractivity contribution >= 4 is 0 Å². The highest BCUT2D eigenvalue weighted by atomic mass is 19.1. The molecule has 0 heterocycles. The van der Waals surface area contributed by atoms with E-state index in [0.29, 0.717) is 0 Å². The van der Waals surface area contributed by atoms with Crippen molar-refractivity contribution in [1.29, 1.82) is 0 Å². The maximum absolute atomic E-state index is 12.8. The topological polar surface area (TPSA) is 9.23 Å². The van der Waals surface area contributed by atoms with E-state index in [4.69, 9.17) is 4.74 Å². The van der Waals surface area contributed by atoms with Crippen LogP contribution in [0.3, 0.4) is 0 Å². The Morgan fingerprint density at radius 2 is 1.88 bits per heavy atom. The van der Waals surface area contributed by atoms with Crippen LogP contribution in [0.25, 0.3) is 0 Å². The Hall–Kier alpha value is -0.890. The van der Waals surface area contributed by atoms with Crippen molar-refractivity contribution in [2.45, 2.75) is 32.8 Å². The van der Waals surface area contributed by atoms with Gasteiger partial charge in [0.15, 0.2) is 0 Å². The Bertz CT molecular complexity index is 312.